The van der Waals surface area contributed by atoms with Crippen LogP contribution in [0.5, 0.6) is 0 Å². The van der Waals surface area contributed by atoms with E-state index in [4.69, 9.17) is 0 Å². The summed E-state index contributed by atoms with van der Waals surface area (Å²) in [7, 11) is -3.81. The van der Waals surface area contributed by atoms with Crippen molar-refractivity contribution >= 4 is 33.1 Å². The molecule has 0 heterocycles. The fraction of sp³-hybridized carbons (Fsp3) is 0.0952. The van der Waals surface area contributed by atoms with E-state index in [1.54, 1.807) is 55.5 Å². The van der Waals surface area contributed by atoms with Crippen LogP contribution >= 0.6 is 0 Å². The van der Waals surface area contributed by atoms with E-state index >= 15 is 0 Å². The van der Waals surface area contributed by atoms with Gasteiger partial charge in [0.1, 0.15) is 0 Å². The summed E-state index contributed by atoms with van der Waals surface area (Å²) in [6, 6.07) is 20.4. The molecule has 0 bridgehead atoms. The number of nitrogens with one attached hydrogen (secondary N) is 3. The number of rotatable bonds is 5. The zero-order chi connectivity index (χ0) is 20.1. The minimum atomic E-state index is -3.81. The van der Waals surface area contributed by atoms with Crippen LogP contribution in [0.3, 0.4) is 0 Å². The van der Waals surface area contributed by atoms with Gasteiger partial charge in [-0.05, 0) is 55.3 Å². The Balaban J connectivity index is 1.82. The van der Waals surface area contributed by atoms with Crippen molar-refractivity contribution < 1.29 is 13.2 Å². The number of hydrogen-bond donors (Lipinski definition) is 3. The molecule has 28 heavy (non-hydrogen) atoms. The molecular weight excluding hydrogens is 374 g/mol. The van der Waals surface area contributed by atoms with E-state index in [1.807, 2.05) is 31.2 Å². The summed E-state index contributed by atoms with van der Waals surface area (Å²) in [4.78, 5) is 12.5. The standard InChI is InChI=1S/C21H21N3O3S/c1-15-12-13-16(2)20(14-15)28(26,27)24-19-11-7-6-10-18(19)23-21(25)22-17-8-4-3-5-9-17/h3-14,24H,1-2H3,(H2,22,23,25). The fourth-order valence-corrected chi connectivity index (χ4v) is 4.09. The number of aryl methyl sites for hydroxylation is 2. The molecule has 0 unspecified atom stereocenters. The molecule has 3 aromatic carbocycles. The van der Waals surface area contributed by atoms with Gasteiger partial charge in [0.25, 0.3) is 10.0 Å². The van der Waals surface area contributed by atoms with Gasteiger partial charge in [0.2, 0.25) is 0 Å². The molecule has 0 aromatic heterocycles. The van der Waals surface area contributed by atoms with Crippen LogP contribution in [0.15, 0.2) is 77.7 Å². The molecule has 0 radical (unpaired) electrons. The molecule has 0 aliphatic carbocycles. The fourth-order valence-electron chi connectivity index (χ4n) is 2.68. The SMILES string of the molecule is Cc1ccc(C)c(S(=O)(=O)Nc2ccccc2NC(=O)Nc2ccccc2)c1. The number of carbonyl (C=O) groups is 1. The van der Waals surface area contributed by atoms with Crippen molar-refractivity contribution in [1.29, 1.82) is 0 Å². The highest BCUT2D eigenvalue weighted by Gasteiger charge is 2.19. The minimum Gasteiger partial charge on any atom is -0.308 e. The second-order valence-electron chi connectivity index (χ2n) is 6.37. The van der Waals surface area contributed by atoms with E-state index in [2.05, 4.69) is 15.4 Å². The maximum atomic E-state index is 12.9. The lowest BCUT2D eigenvalue weighted by Crippen LogP contribution is -2.21. The van der Waals surface area contributed by atoms with Gasteiger partial charge >= 0.3 is 6.03 Å². The Bertz CT molecular complexity index is 1100. The summed E-state index contributed by atoms with van der Waals surface area (Å²) >= 11 is 0. The van der Waals surface area contributed by atoms with Crippen LogP contribution in [0.1, 0.15) is 11.1 Å². The minimum absolute atomic E-state index is 0.205. The number of carbonyl (C=O) groups excluding carboxylic acids is 1. The third kappa shape index (κ3) is 4.69. The summed E-state index contributed by atoms with van der Waals surface area (Å²) in [5.41, 5.74) is 2.76. The molecule has 2 amide bonds. The lowest BCUT2D eigenvalue weighted by Gasteiger charge is -2.15. The lowest BCUT2D eigenvalue weighted by molar-refractivity contribution is 0.262. The van der Waals surface area contributed by atoms with Crippen molar-refractivity contribution in [3.63, 3.8) is 0 Å². The van der Waals surface area contributed by atoms with E-state index in [0.29, 0.717) is 16.9 Å². The van der Waals surface area contributed by atoms with Crippen LogP contribution in [0, 0.1) is 13.8 Å². The maximum absolute atomic E-state index is 12.9. The molecule has 3 N–H and O–H groups in total. The number of hydrogen-bond acceptors (Lipinski definition) is 3. The molecule has 0 atom stereocenters. The molecule has 7 heteroatoms. The predicted octanol–water partition coefficient (Wildman–Crippen LogP) is 4.75. The third-order valence-electron chi connectivity index (χ3n) is 4.08. The summed E-state index contributed by atoms with van der Waals surface area (Å²) in [6.07, 6.45) is 0. The van der Waals surface area contributed by atoms with Gasteiger partial charge < -0.3 is 10.6 Å². The molecule has 3 aromatic rings. The molecule has 0 spiro atoms. The first-order valence-electron chi connectivity index (χ1n) is 8.67. The molecular formula is C21H21N3O3S. The Morgan fingerprint density at radius 1 is 0.786 bits per heavy atom. The first-order valence-corrected chi connectivity index (χ1v) is 10.2. The summed E-state index contributed by atoms with van der Waals surface area (Å²) in [5.74, 6) is 0. The lowest BCUT2D eigenvalue weighted by atomic mass is 10.2. The highest BCUT2D eigenvalue weighted by molar-refractivity contribution is 7.92. The third-order valence-corrected chi connectivity index (χ3v) is 5.59. The van der Waals surface area contributed by atoms with Gasteiger partial charge in [-0.15, -0.1) is 0 Å². The number of anilines is 3. The molecule has 0 aliphatic heterocycles. The van der Waals surface area contributed by atoms with Gasteiger partial charge in [-0.3, -0.25) is 4.72 Å². The van der Waals surface area contributed by atoms with Crippen molar-refractivity contribution in [2.75, 3.05) is 15.4 Å². The predicted molar refractivity (Wildman–Crippen MR) is 112 cm³/mol. The smallest absolute Gasteiger partial charge is 0.308 e. The Morgan fingerprint density at radius 2 is 1.43 bits per heavy atom. The maximum Gasteiger partial charge on any atom is 0.323 e. The number of benzene rings is 3. The van der Waals surface area contributed by atoms with Crippen molar-refractivity contribution in [2.24, 2.45) is 0 Å². The number of urea groups is 1. The van der Waals surface area contributed by atoms with Crippen LogP contribution in [0.4, 0.5) is 21.9 Å². The van der Waals surface area contributed by atoms with Crippen molar-refractivity contribution in [3.05, 3.63) is 83.9 Å². The van der Waals surface area contributed by atoms with Gasteiger partial charge in [0.15, 0.2) is 0 Å². The molecule has 6 nitrogen and oxygen atoms in total. The monoisotopic (exact) mass is 395 g/mol. The van der Waals surface area contributed by atoms with E-state index in [0.717, 1.165) is 5.56 Å². The van der Waals surface area contributed by atoms with E-state index in [-0.39, 0.29) is 10.6 Å². The largest absolute Gasteiger partial charge is 0.323 e. The van der Waals surface area contributed by atoms with Crippen LogP contribution in [0.2, 0.25) is 0 Å². The average Bonchev–Trinajstić information content (AvgIpc) is 2.66. The topological polar surface area (TPSA) is 87.3 Å². The zero-order valence-corrected chi connectivity index (χ0v) is 16.4. The number of sulfonamides is 1. The summed E-state index contributed by atoms with van der Waals surface area (Å²) in [6.45, 7) is 3.58. The zero-order valence-electron chi connectivity index (χ0n) is 15.6. The van der Waals surface area contributed by atoms with Crippen LogP contribution in [0.25, 0.3) is 0 Å². The number of amides is 2. The Morgan fingerprint density at radius 3 is 2.14 bits per heavy atom. The van der Waals surface area contributed by atoms with Gasteiger partial charge in [0.05, 0.1) is 16.3 Å². The first-order chi connectivity index (χ1) is 13.3. The van der Waals surface area contributed by atoms with Gasteiger partial charge in [-0.2, -0.15) is 0 Å². The Hall–Kier alpha value is -3.32. The molecule has 0 aliphatic rings. The normalized spacial score (nSPS) is 10.9. The van der Waals surface area contributed by atoms with Gasteiger partial charge in [0, 0.05) is 5.69 Å². The van der Waals surface area contributed by atoms with Gasteiger partial charge in [-0.25, -0.2) is 13.2 Å². The molecule has 144 valence electrons. The molecule has 3 rings (SSSR count). The van der Waals surface area contributed by atoms with Crippen molar-refractivity contribution in [3.8, 4) is 0 Å². The van der Waals surface area contributed by atoms with Crippen molar-refractivity contribution in [1.82, 2.24) is 0 Å². The van der Waals surface area contributed by atoms with E-state index < -0.39 is 16.1 Å². The average molecular weight is 395 g/mol. The second-order valence-corrected chi connectivity index (χ2v) is 8.02. The van der Waals surface area contributed by atoms with E-state index in [1.165, 1.54) is 0 Å². The quantitative estimate of drug-likeness (QED) is 0.583. The highest BCUT2D eigenvalue weighted by Crippen LogP contribution is 2.26. The first kappa shape index (κ1) is 19.4. The highest BCUT2D eigenvalue weighted by atomic mass is 32.2. The Labute approximate surface area is 164 Å². The van der Waals surface area contributed by atoms with Crippen LogP contribution in [-0.2, 0) is 10.0 Å². The second kappa shape index (κ2) is 8.14. The molecule has 0 saturated heterocycles. The van der Waals surface area contributed by atoms with Crippen LogP contribution in [-0.4, -0.2) is 14.4 Å². The van der Waals surface area contributed by atoms with E-state index in [9.17, 15) is 13.2 Å². The number of para-hydroxylation sites is 3. The molecule has 0 fully saturated rings. The summed E-state index contributed by atoms with van der Waals surface area (Å²) in [5, 5.41) is 5.38. The molecule has 0 saturated carbocycles. The Kier molecular flexibility index (Phi) is 5.65. The van der Waals surface area contributed by atoms with Crippen molar-refractivity contribution in [2.45, 2.75) is 18.7 Å². The summed E-state index contributed by atoms with van der Waals surface area (Å²) < 4.78 is 28.3. The van der Waals surface area contributed by atoms with Gasteiger partial charge in [-0.1, -0.05) is 42.5 Å². The van der Waals surface area contributed by atoms with Crippen LogP contribution < -0.4 is 15.4 Å².